The second kappa shape index (κ2) is 9.94. The number of aryl methyl sites for hydroxylation is 1. The smallest absolute Gasteiger partial charge is 0.255 e. The predicted octanol–water partition coefficient (Wildman–Crippen LogP) is 3.29. The molecule has 166 valence electrons. The highest BCUT2D eigenvalue weighted by Gasteiger charge is 2.24. The van der Waals surface area contributed by atoms with E-state index in [1.54, 1.807) is 18.3 Å². The van der Waals surface area contributed by atoms with Gasteiger partial charge in [-0.2, -0.15) is 4.98 Å². The van der Waals surface area contributed by atoms with Crippen molar-refractivity contribution in [3.63, 3.8) is 0 Å². The summed E-state index contributed by atoms with van der Waals surface area (Å²) >= 11 is 0. The number of piperazine rings is 1. The summed E-state index contributed by atoms with van der Waals surface area (Å²) in [7, 11) is 0. The van der Waals surface area contributed by atoms with Gasteiger partial charge in [-0.1, -0.05) is 19.3 Å². The summed E-state index contributed by atoms with van der Waals surface area (Å²) in [6.07, 6.45) is 7.85. The van der Waals surface area contributed by atoms with Crippen molar-refractivity contribution in [1.29, 1.82) is 0 Å². The molecule has 1 aliphatic carbocycles. The molecule has 3 heterocycles. The molecule has 8 heteroatoms. The van der Waals surface area contributed by atoms with E-state index in [-0.39, 0.29) is 5.91 Å². The van der Waals surface area contributed by atoms with Crippen LogP contribution in [0.3, 0.4) is 0 Å². The van der Waals surface area contributed by atoms with E-state index in [0.29, 0.717) is 37.2 Å². The van der Waals surface area contributed by atoms with E-state index in [9.17, 15) is 4.79 Å². The van der Waals surface area contributed by atoms with Gasteiger partial charge in [0.2, 0.25) is 11.8 Å². The topological polar surface area (TPSA) is 83.5 Å². The monoisotopic (exact) mass is 424 g/mol. The lowest BCUT2D eigenvalue weighted by atomic mass is 9.96. The van der Waals surface area contributed by atoms with Gasteiger partial charge in [-0.05, 0) is 32.8 Å². The van der Waals surface area contributed by atoms with Crippen LogP contribution in [0.5, 0.6) is 5.88 Å². The van der Waals surface area contributed by atoms with Gasteiger partial charge in [0.1, 0.15) is 5.82 Å². The molecule has 0 bridgehead atoms. The van der Waals surface area contributed by atoms with Crippen molar-refractivity contribution in [3.8, 4) is 5.88 Å². The van der Waals surface area contributed by atoms with Gasteiger partial charge in [0.15, 0.2) is 0 Å². The highest BCUT2D eigenvalue weighted by molar-refractivity contribution is 5.94. The van der Waals surface area contributed by atoms with Gasteiger partial charge in [-0.15, -0.1) is 0 Å². The molecule has 1 amide bonds. The molecule has 2 aromatic rings. The largest absolute Gasteiger partial charge is 0.478 e. The first-order chi connectivity index (χ1) is 15.1. The maximum Gasteiger partial charge on any atom is 0.255 e. The van der Waals surface area contributed by atoms with Crippen molar-refractivity contribution in [2.75, 3.05) is 43.0 Å². The maximum absolute atomic E-state index is 12.8. The fourth-order valence-corrected chi connectivity index (χ4v) is 4.27. The average molecular weight is 425 g/mol. The number of ether oxygens (including phenoxy) is 1. The average Bonchev–Trinajstić information content (AvgIpc) is 2.80. The second-order valence-electron chi connectivity index (χ2n) is 8.27. The van der Waals surface area contributed by atoms with Crippen LogP contribution in [0.25, 0.3) is 0 Å². The molecule has 0 unspecified atom stereocenters. The van der Waals surface area contributed by atoms with Gasteiger partial charge in [0.25, 0.3) is 5.91 Å². The van der Waals surface area contributed by atoms with Gasteiger partial charge in [-0.3, -0.25) is 4.79 Å². The third-order valence-corrected chi connectivity index (χ3v) is 5.95. The Balaban J connectivity index is 1.36. The molecule has 8 nitrogen and oxygen atoms in total. The van der Waals surface area contributed by atoms with Crippen LogP contribution >= 0.6 is 0 Å². The maximum atomic E-state index is 12.8. The zero-order chi connectivity index (χ0) is 21.6. The number of carbonyl (C=O) groups excluding carboxylic acids is 1. The van der Waals surface area contributed by atoms with Gasteiger partial charge in [0, 0.05) is 56.2 Å². The lowest BCUT2D eigenvalue weighted by Gasteiger charge is -2.35. The molecule has 0 radical (unpaired) electrons. The Kier molecular flexibility index (Phi) is 6.84. The van der Waals surface area contributed by atoms with Crippen LogP contribution < -0.4 is 15.0 Å². The number of pyridine rings is 1. The fraction of sp³-hybridized carbons (Fsp3) is 0.565. The molecule has 0 atom stereocenters. The number of rotatable bonds is 6. The summed E-state index contributed by atoms with van der Waals surface area (Å²) in [4.78, 5) is 30.5. The Hall–Kier alpha value is -2.90. The van der Waals surface area contributed by atoms with Crippen molar-refractivity contribution in [2.45, 2.75) is 52.0 Å². The highest BCUT2D eigenvalue weighted by atomic mass is 16.5. The van der Waals surface area contributed by atoms with Crippen molar-refractivity contribution < 1.29 is 9.53 Å². The zero-order valence-corrected chi connectivity index (χ0v) is 18.5. The van der Waals surface area contributed by atoms with Crippen molar-refractivity contribution in [2.24, 2.45) is 0 Å². The summed E-state index contributed by atoms with van der Waals surface area (Å²) < 4.78 is 5.36. The summed E-state index contributed by atoms with van der Waals surface area (Å²) in [6.45, 7) is 7.28. The van der Waals surface area contributed by atoms with Crippen LogP contribution in [0.2, 0.25) is 0 Å². The molecule has 1 aliphatic heterocycles. The number of anilines is 2. The van der Waals surface area contributed by atoms with Crippen LogP contribution in [-0.2, 0) is 0 Å². The van der Waals surface area contributed by atoms with Crippen molar-refractivity contribution in [3.05, 3.63) is 35.7 Å². The van der Waals surface area contributed by atoms with E-state index in [1.165, 1.54) is 32.1 Å². The molecule has 2 fully saturated rings. The number of carbonyl (C=O) groups is 1. The zero-order valence-electron chi connectivity index (χ0n) is 18.5. The van der Waals surface area contributed by atoms with Crippen LogP contribution in [0.15, 0.2) is 24.4 Å². The first kappa shape index (κ1) is 21.3. The predicted molar refractivity (Wildman–Crippen MR) is 121 cm³/mol. The molecule has 1 N–H and O–H groups in total. The lowest BCUT2D eigenvalue weighted by Crippen LogP contribution is -2.49. The molecule has 2 aliphatic rings. The van der Waals surface area contributed by atoms with Gasteiger partial charge < -0.3 is 19.9 Å². The Morgan fingerprint density at radius 3 is 2.58 bits per heavy atom. The summed E-state index contributed by atoms with van der Waals surface area (Å²) in [5.41, 5.74) is 1.55. The lowest BCUT2D eigenvalue weighted by molar-refractivity contribution is 0.0746. The van der Waals surface area contributed by atoms with E-state index in [0.717, 1.165) is 30.5 Å². The van der Waals surface area contributed by atoms with E-state index in [2.05, 4.69) is 20.2 Å². The van der Waals surface area contributed by atoms with Crippen molar-refractivity contribution >= 4 is 17.7 Å². The summed E-state index contributed by atoms with van der Waals surface area (Å²) in [5, 5.41) is 3.53. The highest BCUT2D eigenvalue weighted by Crippen LogP contribution is 2.23. The molecule has 1 saturated heterocycles. The number of nitrogens with zero attached hydrogens (tertiary/aromatic N) is 5. The fourth-order valence-electron chi connectivity index (χ4n) is 4.27. The molecule has 4 rings (SSSR count). The minimum Gasteiger partial charge on any atom is -0.478 e. The quantitative estimate of drug-likeness (QED) is 0.762. The Labute approximate surface area is 184 Å². The normalized spacial score (nSPS) is 17.5. The molecule has 2 aromatic heterocycles. The van der Waals surface area contributed by atoms with Crippen LogP contribution in [0, 0.1) is 6.92 Å². The number of amides is 1. The second-order valence-corrected chi connectivity index (χ2v) is 8.27. The molecule has 0 aromatic carbocycles. The summed E-state index contributed by atoms with van der Waals surface area (Å²) in [6, 6.07) is 6.03. The number of hydrogen-bond donors (Lipinski definition) is 1. The number of hydrogen-bond acceptors (Lipinski definition) is 7. The standard InChI is InChI=1S/C23H32N6O2/c1-3-31-21-10-9-18(16-24-21)22(30)29-13-11-28(12-14-29)20-15-17(2)25-23(27-20)26-19-7-5-4-6-8-19/h9-10,15-16,19H,3-8,11-14H2,1-2H3,(H,25,26,27). The van der Waals surface area contributed by atoms with Gasteiger partial charge >= 0.3 is 0 Å². The van der Waals surface area contributed by atoms with Gasteiger partial charge in [-0.25, -0.2) is 9.97 Å². The van der Waals surface area contributed by atoms with Crippen molar-refractivity contribution in [1.82, 2.24) is 19.9 Å². The molecule has 1 saturated carbocycles. The number of nitrogens with one attached hydrogen (secondary N) is 1. The SMILES string of the molecule is CCOc1ccc(C(=O)N2CCN(c3cc(C)nc(NC4CCCCC4)n3)CC2)cn1. The van der Waals surface area contributed by atoms with E-state index in [1.807, 2.05) is 24.8 Å². The molecular formula is C23H32N6O2. The molecule has 31 heavy (non-hydrogen) atoms. The Bertz CT molecular complexity index is 874. The van der Waals surface area contributed by atoms with E-state index in [4.69, 9.17) is 9.72 Å². The van der Waals surface area contributed by atoms with Crippen LogP contribution in [0.4, 0.5) is 11.8 Å². The summed E-state index contributed by atoms with van der Waals surface area (Å²) in [5.74, 6) is 2.20. The minimum atomic E-state index is 0.00807. The van der Waals surface area contributed by atoms with Crippen LogP contribution in [-0.4, -0.2) is 64.6 Å². The number of aromatic nitrogens is 3. The first-order valence-electron chi connectivity index (χ1n) is 11.4. The third-order valence-electron chi connectivity index (χ3n) is 5.95. The third kappa shape index (κ3) is 5.42. The van der Waals surface area contributed by atoms with E-state index < -0.39 is 0 Å². The molecular weight excluding hydrogens is 392 g/mol. The molecule has 0 spiro atoms. The van der Waals surface area contributed by atoms with Gasteiger partial charge in [0.05, 0.1) is 12.2 Å². The minimum absolute atomic E-state index is 0.00807. The van der Waals surface area contributed by atoms with E-state index >= 15 is 0 Å². The Morgan fingerprint density at radius 2 is 1.90 bits per heavy atom. The Morgan fingerprint density at radius 1 is 1.13 bits per heavy atom. The van der Waals surface area contributed by atoms with Crippen LogP contribution in [0.1, 0.15) is 55.1 Å². The first-order valence-corrected chi connectivity index (χ1v) is 11.4.